The number of hydrogen-bond donors (Lipinski definition) is 2. The minimum absolute atomic E-state index is 0.00203. The zero-order valence-electron chi connectivity index (χ0n) is 18.8. The SMILES string of the molecule is O=C(NC1CCC2O[C@H](CO)CN(S(=O)(=O)C3CCC(F)CC3)C2C1)C1C(F)CCCC1F. The van der Waals surface area contributed by atoms with Crippen molar-refractivity contribution in [3.8, 4) is 0 Å². The zero-order chi connectivity index (χ0) is 23.8. The number of ether oxygens (including phenoxy) is 1. The molecule has 2 N–H and O–H groups in total. The highest BCUT2D eigenvalue weighted by atomic mass is 32.2. The second-order valence-corrected chi connectivity index (χ2v) is 12.2. The van der Waals surface area contributed by atoms with Gasteiger partial charge in [-0.3, -0.25) is 4.79 Å². The van der Waals surface area contributed by atoms with Crippen LogP contribution in [-0.2, 0) is 19.6 Å². The number of nitrogens with zero attached hydrogens (tertiary/aromatic N) is 1. The van der Waals surface area contributed by atoms with E-state index in [1.165, 1.54) is 4.31 Å². The lowest BCUT2D eigenvalue weighted by molar-refractivity contribution is -0.137. The Hall–Kier alpha value is -0.910. The molecular weight excluding hydrogens is 461 g/mol. The number of carbonyl (C=O) groups is 1. The number of halogens is 3. The monoisotopic (exact) mass is 496 g/mol. The number of fused-ring (bicyclic) bond motifs is 1. The summed E-state index contributed by atoms with van der Waals surface area (Å²) in [5.41, 5.74) is 0. The highest BCUT2D eigenvalue weighted by Crippen LogP contribution is 2.37. The van der Waals surface area contributed by atoms with E-state index in [4.69, 9.17) is 4.74 Å². The van der Waals surface area contributed by atoms with Crippen LogP contribution in [0, 0.1) is 5.92 Å². The zero-order valence-corrected chi connectivity index (χ0v) is 19.6. The summed E-state index contributed by atoms with van der Waals surface area (Å²) in [6, 6.07) is -0.970. The van der Waals surface area contributed by atoms with Crippen LogP contribution in [0.15, 0.2) is 0 Å². The van der Waals surface area contributed by atoms with Gasteiger partial charge in [0.1, 0.15) is 24.4 Å². The van der Waals surface area contributed by atoms with Gasteiger partial charge in [0, 0.05) is 12.6 Å². The highest BCUT2D eigenvalue weighted by Gasteiger charge is 2.49. The van der Waals surface area contributed by atoms with Crippen LogP contribution in [0.3, 0.4) is 0 Å². The van der Waals surface area contributed by atoms with Gasteiger partial charge in [-0.2, -0.15) is 4.31 Å². The van der Waals surface area contributed by atoms with Crippen molar-refractivity contribution in [3.05, 3.63) is 0 Å². The van der Waals surface area contributed by atoms with Gasteiger partial charge >= 0.3 is 0 Å². The second-order valence-electron chi connectivity index (χ2n) is 10.0. The molecule has 5 unspecified atom stereocenters. The summed E-state index contributed by atoms with van der Waals surface area (Å²) >= 11 is 0. The van der Waals surface area contributed by atoms with E-state index in [0.29, 0.717) is 19.3 Å². The molecule has 0 aromatic heterocycles. The number of alkyl halides is 3. The van der Waals surface area contributed by atoms with Gasteiger partial charge in [0.05, 0.1) is 30.1 Å². The van der Waals surface area contributed by atoms with E-state index in [2.05, 4.69) is 5.32 Å². The first-order valence-electron chi connectivity index (χ1n) is 12.2. The van der Waals surface area contributed by atoms with Crippen LogP contribution in [0.2, 0.25) is 0 Å². The molecule has 11 heteroatoms. The number of rotatable bonds is 5. The van der Waals surface area contributed by atoms with Gasteiger partial charge in [-0.1, -0.05) is 0 Å². The molecule has 1 aliphatic heterocycles. The van der Waals surface area contributed by atoms with Gasteiger partial charge in [-0.25, -0.2) is 21.6 Å². The summed E-state index contributed by atoms with van der Waals surface area (Å²) in [6.45, 7) is -0.317. The molecule has 6 atom stereocenters. The van der Waals surface area contributed by atoms with Gasteiger partial charge in [0.2, 0.25) is 15.9 Å². The maximum absolute atomic E-state index is 14.2. The van der Waals surface area contributed by atoms with Crippen LogP contribution in [0.25, 0.3) is 0 Å². The van der Waals surface area contributed by atoms with E-state index < -0.39 is 69.9 Å². The van der Waals surface area contributed by atoms with Crippen molar-refractivity contribution in [2.75, 3.05) is 13.2 Å². The van der Waals surface area contributed by atoms with Gasteiger partial charge in [0.25, 0.3) is 0 Å². The minimum atomic E-state index is -3.77. The molecule has 3 saturated carbocycles. The Balaban J connectivity index is 1.47. The molecule has 1 amide bonds. The molecular formula is C22H35F3N2O5S. The smallest absolute Gasteiger partial charge is 0.229 e. The largest absolute Gasteiger partial charge is 0.394 e. The highest BCUT2D eigenvalue weighted by molar-refractivity contribution is 7.89. The van der Waals surface area contributed by atoms with Crippen LogP contribution in [0.4, 0.5) is 13.2 Å². The Morgan fingerprint density at radius 3 is 2.30 bits per heavy atom. The average molecular weight is 497 g/mol. The van der Waals surface area contributed by atoms with Crippen molar-refractivity contribution in [3.63, 3.8) is 0 Å². The number of morpholine rings is 1. The molecule has 0 aromatic carbocycles. The molecule has 0 aromatic rings. The van der Waals surface area contributed by atoms with Gasteiger partial charge < -0.3 is 15.2 Å². The lowest BCUT2D eigenvalue weighted by atomic mass is 9.83. The lowest BCUT2D eigenvalue weighted by Crippen LogP contribution is -2.63. The van der Waals surface area contributed by atoms with Crippen molar-refractivity contribution in [1.82, 2.24) is 9.62 Å². The topological polar surface area (TPSA) is 95.9 Å². The first-order valence-corrected chi connectivity index (χ1v) is 13.7. The van der Waals surface area contributed by atoms with Crippen LogP contribution >= 0.6 is 0 Å². The molecule has 190 valence electrons. The molecule has 1 heterocycles. The molecule has 33 heavy (non-hydrogen) atoms. The number of carbonyl (C=O) groups excluding carboxylic acids is 1. The molecule has 4 rings (SSSR count). The number of aliphatic hydroxyl groups is 1. The number of hydrogen-bond acceptors (Lipinski definition) is 5. The van der Waals surface area contributed by atoms with E-state index >= 15 is 0 Å². The minimum Gasteiger partial charge on any atom is -0.394 e. The molecule has 0 radical (unpaired) electrons. The Bertz CT molecular complexity index is 785. The van der Waals surface area contributed by atoms with E-state index in [9.17, 15) is 31.5 Å². The predicted molar refractivity (Wildman–Crippen MR) is 115 cm³/mol. The Labute approximate surface area is 193 Å². The standard InChI is InChI=1S/C22H35F3N2O5S/c23-13-4-7-16(8-5-13)33(30,31)27-11-15(12-28)32-20-9-6-14(10-19(20)27)26-22(29)21-17(24)2-1-3-18(21)25/h13-21,28H,1-12H2,(H,26,29)/t13?,14?,15-,16?,17?,18?,19?,20?,21?/m0/s1. The fourth-order valence-electron chi connectivity index (χ4n) is 5.96. The van der Waals surface area contributed by atoms with E-state index in [0.717, 1.165) is 0 Å². The molecule has 4 fully saturated rings. The van der Waals surface area contributed by atoms with E-state index in [1.54, 1.807) is 0 Å². The molecule has 7 nitrogen and oxygen atoms in total. The van der Waals surface area contributed by atoms with Crippen LogP contribution < -0.4 is 5.32 Å². The molecule has 0 spiro atoms. The van der Waals surface area contributed by atoms with Crippen molar-refractivity contribution >= 4 is 15.9 Å². The fourth-order valence-corrected chi connectivity index (χ4v) is 8.19. The maximum atomic E-state index is 14.2. The first kappa shape index (κ1) is 25.2. The number of sulfonamides is 1. The molecule has 3 aliphatic carbocycles. The molecule has 1 saturated heterocycles. The van der Waals surface area contributed by atoms with Crippen molar-refractivity contribution in [2.45, 2.75) is 112 Å². The van der Waals surface area contributed by atoms with Crippen LogP contribution in [-0.4, -0.2) is 84.9 Å². The van der Waals surface area contributed by atoms with Crippen LogP contribution in [0.1, 0.15) is 64.2 Å². The third-order valence-corrected chi connectivity index (χ3v) is 10.2. The normalized spacial score (nSPS) is 43.0. The summed E-state index contributed by atoms with van der Waals surface area (Å²) in [7, 11) is -3.77. The lowest BCUT2D eigenvalue weighted by Gasteiger charge is -2.48. The van der Waals surface area contributed by atoms with Gasteiger partial charge in [-0.15, -0.1) is 0 Å². The number of amides is 1. The predicted octanol–water partition coefficient (Wildman–Crippen LogP) is 2.17. The summed E-state index contributed by atoms with van der Waals surface area (Å²) in [4.78, 5) is 12.7. The first-order chi connectivity index (χ1) is 15.7. The third kappa shape index (κ3) is 5.36. The van der Waals surface area contributed by atoms with Crippen molar-refractivity contribution in [2.24, 2.45) is 5.92 Å². The maximum Gasteiger partial charge on any atom is 0.229 e. The molecule has 0 bridgehead atoms. The van der Waals surface area contributed by atoms with Crippen LogP contribution in [0.5, 0.6) is 0 Å². The average Bonchev–Trinajstić information content (AvgIpc) is 2.78. The van der Waals surface area contributed by atoms with E-state index in [1.807, 2.05) is 0 Å². The number of nitrogens with one attached hydrogen (secondary N) is 1. The Morgan fingerprint density at radius 2 is 1.67 bits per heavy atom. The summed E-state index contributed by atoms with van der Waals surface area (Å²) in [5.74, 6) is -1.98. The van der Waals surface area contributed by atoms with Gasteiger partial charge in [0.15, 0.2) is 0 Å². The van der Waals surface area contributed by atoms with Crippen molar-refractivity contribution in [1.29, 1.82) is 0 Å². The Kier molecular flexibility index (Phi) is 7.92. The summed E-state index contributed by atoms with van der Waals surface area (Å²) < 4.78 is 76.4. The van der Waals surface area contributed by atoms with E-state index in [-0.39, 0.29) is 58.1 Å². The Morgan fingerprint density at radius 1 is 1.00 bits per heavy atom. The number of aliphatic hydroxyl groups excluding tert-OH is 1. The quantitative estimate of drug-likeness (QED) is 0.608. The second kappa shape index (κ2) is 10.4. The fraction of sp³-hybridized carbons (Fsp3) is 0.955. The van der Waals surface area contributed by atoms with Gasteiger partial charge in [-0.05, 0) is 64.2 Å². The summed E-state index contributed by atoms with van der Waals surface area (Å²) in [5, 5.41) is 11.7. The third-order valence-electron chi connectivity index (χ3n) is 7.82. The van der Waals surface area contributed by atoms with Crippen molar-refractivity contribution < 1.29 is 36.2 Å². The summed E-state index contributed by atoms with van der Waals surface area (Å²) in [6.07, 6.45) is -2.22. The molecule has 4 aliphatic rings.